The highest BCUT2D eigenvalue weighted by molar-refractivity contribution is 7.89. The van der Waals surface area contributed by atoms with Crippen molar-refractivity contribution in [3.05, 3.63) is 29.3 Å². The first-order valence-electron chi connectivity index (χ1n) is 9.83. The van der Waals surface area contributed by atoms with Gasteiger partial charge in [-0.1, -0.05) is 6.07 Å². The number of fused-ring (bicyclic) bond motifs is 1. The molecule has 0 aliphatic heterocycles. The van der Waals surface area contributed by atoms with Crippen molar-refractivity contribution in [3.63, 3.8) is 0 Å². The van der Waals surface area contributed by atoms with Crippen LogP contribution in [0, 0.1) is 11.3 Å². The molecule has 156 valence electrons. The maximum atomic E-state index is 12.4. The topological polar surface area (TPSA) is 125 Å². The second-order valence-corrected chi connectivity index (χ2v) is 9.34. The van der Waals surface area contributed by atoms with Crippen molar-refractivity contribution < 1.29 is 22.7 Å². The van der Waals surface area contributed by atoms with Crippen LogP contribution >= 0.6 is 0 Å². The number of nitriles is 1. The molecule has 1 fully saturated rings. The van der Waals surface area contributed by atoms with Gasteiger partial charge >= 0.3 is 5.97 Å². The number of hydrogen-bond acceptors (Lipinski definition) is 6. The van der Waals surface area contributed by atoms with Crippen molar-refractivity contribution in [1.29, 1.82) is 5.26 Å². The van der Waals surface area contributed by atoms with Gasteiger partial charge in [-0.3, -0.25) is 9.59 Å². The van der Waals surface area contributed by atoms with E-state index in [9.17, 15) is 23.3 Å². The number of aryl methyl sites for hydroxylation is 2. The monoisotopic (exact) mass is 419 g/mol. The number of carbonyl (C=O) groups excluding carboxylic acids is 2. The van der Waals surface area contributed by atoms with Crippen molar-refractivity contribution in [1.82, 2.24) is 10.0 Å². The number of esters is 1. The fraction of sp³-hybridized carbons (Fsp3) is 0.550. The molecule has 0 aromatic heterocycles. The van der Waals surface area contributed by atoms with E-state index in [-0.39, 0.29) is 4.90 Å². The summed E-state index contributed by atoms with van der Waals surface area (Å²) in [6.07, 6.45) is 6.80. The van der Waals surface area contributed by atoms with Gasteiger partial charge in [-0.2, -0.15) is 9.98 Å². The molecule has 1 saturated carbocycles. The van der Waals surface area contributed by atoms with Crippen molar-refractivity contribution in [2.45, 2.75) is 61.8 Å². The number of carbonyl (C=O) groups is 2. The van der Waals surface area contributed by atoms with Gasteiger partial charge in [0, 0.05) is 0 Å². The fourth-order valence-corrected chi connectivity index (χ4v) is 4.88. The number of nitrogens with zero attached hydrogens (tertiary/aromatic N) is 1. The van der Waals surface area contributed by atoms with Gasteiger partial charge in [-0.05, 0) is 74.6 Å². The van der Waals surface area contributed by atoms with Gasteiger partial charge < -0.3 is 10.1 Å². The second kappa shape index (κ2) is 8.93. The van der Waals surface area contributed by atoms with Crippen LogP contribution in [0.1, 0.15) is 49.7 Å². The highest BCUT2D eigenvalue weighted by Gasteiger charge is 2.35. The zero-order chi connectivity index (χ0) is 20.9. The Bertz CT molecular complexity index is 930. The minimum Gasteiger partial charge on any atom is -0.455 e. The van der Waals surface area contributed by atoms with Crippen LogP contribution in [0.3, 0.4) is 0 Å². The fourth-order valence-electron chi connectivity index (χ4n) is 3.86. The average Bonchev–Trinajstić information content (AvgIpc) is 3.19. The van der Waals surface area contributed by atoms with Gasteiger partial charge in [0.1, 0.15) is 12.1 Å². The lowest BCUT2D eigenvalue weighted by atomic mass is 9.92. The molecule has 0 heterocycles. The van der Waals surface area contributed by atoms with Crippen LogP contribution in [-0.2, 0) is 37.2 Å². The molecule has 0 bridgehead atoms. The van der Waals surface area contributed by atoms with Crippen molar-refractivity contribution in [3.8, 4) is 6.07 Å². The smallest absolute Gasteiger partial charge is 0.321 e. The largest absolute Gasteiger partial charge is 0.455 e. The standard InChI is InChI=1S/C20H25N3O5S/c21-14-20(9-3-4-10-20)23-18(24)13-28-19(25)12-22-29(26,27)17-8-7-15-5-1-2-6-16(15)11-17/h7-8,11,22H,1-6,9-10,12-13H2,(H,23,24). The summed E-state index contributed by atoms with van der Waals surface area (Å²) in [7, 11) is -3.85. The molecule has 2 aliphatic rings. The number of rotatable bonds is 7. The molecule has 0 atom stereocenters. The Labute approximate surface area is 170 Å². The molecule has 2 N–H and O–H groups in total. The first-order valence-corrected chi connectivity index (χ1v) is 11.3. The van der Waals surface area contributed by atoms with Gasteiger partial charge in [-0.25, -0.2) is 8.42 Å². The zero-order valence-corrected chi connectivity index (χ0v) is 17.0. The third-order valence-corrected chi connectivity index (χ3v) is 6.85. The Morgan fingerprint density at radius 3 is 2.48 bits per heavy atom. The summed E-state index contributed by atoms with van der Waals surface area (Å²) >= 11 is 0. The highest BCUT2D eigenvalue weighted by atomic mass is 32.2. The third kappa shape index (κ3) is 5.34. The molecule has 2 aliphatic carbocycles. The molecular weight excluding hydrogens is 394 g/mol. The van der Waals surface area contributed by atoms with E-state index in [1.807, 2.05) is 6.07 Å². The molecule has 0 radical (unpaired) electrons. The van der Waals surface area contributed by atoms with E-state index in [4.69, 9.17) is 4.74 Å². The summed E-state index contributed by atoms with van der Waals surface area (Å²) < 4.78 is 31.9. The first kappa shape index (κ1) is 21.3. The number of nitrogens with one attached hydrogen (secondary N) is 2. The Balaban J connectivity index is 1.48. The van der Waals surface area contributed by atoms with Crippen LogP contribution in [0.25, 0.3) is 0 Å². The van der Waals surface area contributed by atoms with Crippen molar-refractivity contribution in [2.24, 2.45) is 0 Å². The Morgan fingerprint density at radius 2 is 1.79 bits per heavy atom. The highest BCUT2D eigenvalue weighted by Crippen LogP contribution is 2.28. The van der Waals surface area contributed by atoms with Gasteiger partial charge in [0.2, 0.25) is 10.0 Å². The summed E-state index contributed by atoms with van der Waals surface area (Å²) in [6.45, 7) is -1.13. The van der Waals surface area contributed by atoms with Gasteiger partial charge in [-0.15, -0.1) is 0 Å². The van der Waals surface area contributed by atoms with Crippen LogP contribution < -0.4 is 10.0 Å². The van der Waals surface area contributed by atoms with Crippen molar-refractivity contribution >= 4 is 21.9 Å². The lowest BCUT2D eigenvalue weighted by Crippen LogP contribution is -2.47. The predicted octanol–water partition coefficient (Wildman–Crippen LogP) is 1.34. The summed E-state index contributed by atoms with van der Waals surface area (Å²) in [5.41, 5.74) is 1.30. The Morgan fingerprint density at radius 1 is 1.10 bits per heavy atom. The van der Waals surface area contributed by atoms with Crippen LogP contribution in [0.2, 0.25) is 0 Å². The molecule has 3 rings (SSSR count). The molecule has 1 aromatic carbocycles. The van der Waals surface area contributed by atoms with Crippen LogP contribution in [0.5, 0.6) is 0 Å². The van der Waals surface area contributed by atoms with Crippen LogP contribution in [-0.4, -0.2) is 39.0 Å². The summed E-state index contributed by atoms with van der Waals surface area (Å²) in [4.78, 5) is 23.9. The molecule has 8 nitrogen and oxygen atoms in total. The lowest BCUT2D eigenvalue weighted by molar-refractivity contribution is -0.147. The lowest BCUT2D eigenvalue weighted by Gasteiger charge is -2.21. The van der Waals surface area contributed by atoms with Crippen LogP contribution in [0.15, 0.2) is 23.1 Å². The molecule has 0 unspecified atom stereocenters. The van der Waals surface area contributed by atoms with Gasteiger partial charge in [0.05, 0.1) is 11.0 Å². The van der Waals surface area contributed by atoms with E-state index in [2.05, 4.69) is 16.1 Å². The summed E-state index contributed by atoms with van der Waals surface area (Å²) in [6, 6.07) is 7.12. The minimum atomic E-state index is -3.85. The van der Waals surface area contributed by atoms with Gasteiger partial charge in [0.25, 0.3) is 5.91 Å². The normalized spacial score (nSPS) is 17.8. The summed E-state index contributed by atoms with van der Waals surface area (Å²) in [5.74, 6) is -1.43. The number of hydrogen-bond donors (Lipinski definition) is 2. The van der Waals surface area contributed by atoms with E-state index >= 15 is 0 Å². The average molecular weight is 420 g/mol. The van der Waals surface area contributed by atoms with E-state index in [0.717, 1.165) is 49.7 Å². The zero-order valence-electron chi connectivity index (χ0n) is 16.2. The molecular formula is C20H25N3O5S. The van der Waals surface area contributed by atoms with E-state index in [1.165, 1.54) is 6.07 Å². The molecule has 0 saturated heterocycles. The SMILES string of the molecule is N#CC1(NC(=O)COC(=O)CNS(=O)(=O)c2ccc3c(c2)CCCC3)CCCC1. The number of ether oxygens (including phenoxy) is 1. The van der Waals surface area contributed by atoms with E-state index in [0.29, 0.717) is 12.8 Å². The first-order chi connectivity index (χ1) is 13.8. The van der Waals surface area contributed by atoms with Crippen molar-refractivity contribution in [2.75, 3.05) is 13.2 Å². The maximum Gasteiger partial charge on any atom is 0.321 e. The molecule has 29 heavy (non-hydrogen) atoms. The second-order valence-electron chi connectivity index (χ2n) is 7.57. The molecule has 1 amide bonds. The molecule has 1 aromatic rings. The molecule has 0 spiro atoms. The molecule has 9 heteroatoms. The predicted molar refractivity (Wildman–Crippen MR) is 104 cm³/mol. The van der Waals surface area contributed by atoms with E-state index in [1.54, 1.807) is 6.07 Å². The summed E-state index contributed by atoms with van der Waals surface area (Å²) in [5, 5.41) is 11.9. The van der Waals surface area contributed by atoms with E-state index < -0.39 is 40.6 Å². The van der Waals surface area contributed by atoms with Gasteiger partial charge in [0.15, 0.2) is 6.61 Å². The maximum absolute atomic E-state index is 12.4. The minimum absolute atomic E-state index is 0.112. The van der Waals surface area contributed by atoms with Crippen LogP contribution in [0.4, 0.5) is 0 Å². The third-order valence-electron chi connectivity index (χ3n) is 5.45. The quantitative estimate of drug-likeness (QED) is 0.643. The Hall–Kier alpha value is -2.44. The number of amides is 1. The number of benzene rings is 1. The Kier molecular flexibility index (Phi) is 6.55. The number of sulfonamides is 1.